The zero-order chi connectivity index (χ0) is 11.7. The SMILES string of the molecule is Cc1cc(Cl)cc(C(=O)c2ccn(C)n2)c1. The van der Waals surface area contributed by atoms with Crippen molar-refractivity contribution in [2.45, 2.75) is 6.92 Å². The zero-order valence-electron chi connectivity index (χ0n) is 9.07. The number of hydrogen-bond acceptors (Lipinski definition) is 2. The van der Waals surface area contributed by atoms with E-state index in [4.69, 9.17) is 11.6 Å². The van der Waals surface area contributed by atoms with E-state index in [0.717, 1.165) is 5.56 Å². The van der Waals surface area contributed by atoms with Gasteiger partial charge in [0.2, 0.25) is 5.78 Å². The molecule has 0 aliphatic rings. The molecule has 0 saturated heterocycles. The Morgan fingerprint density at radius 3 is 2.69 bits per heavy atom. The Morgan fingerprint density at radius 2 is 2.12 bits per heavy atom. The van der Waals surface area contributed by atoms with Gasteiger partial charge in [-0.3, -0.25) is 9.48 Å². The maximum absolute atomic E-state index is 12.0. The molecule has 0 unspecified atom stereocenters. The molecule has 1 aromatic heterocycles. The van der Waals surface area contributed by atoms with Crippen LogP contribution < -0.4 is 0 Å². The number of ketones is 1. The molecule has 0 N–H and O–H groups in total. The van der Waals surface area contributed by atoms with E-state index < -0.39 is 0 Å². The lowest BCUT2D eigenvalue weighted by Crippen LogP contribution is -2.03. The van der Waals surface area contributed by atoms with Gasteiger partial charge in [0.25, 0.3) is 0 Å². The van der Waals surface area contributed by atoms with Gasteiger partial charge in [-0.1, -0.05) is 11.6 Å². The lowest BCUT2D eigenvalue weighted by Gasteiger charge is -2.01. The Kier molecular flexibility index (Phi) is 2.79. The van der Waals surface area contributed by atoms with E-state index in [0.29, 0.717) is 16.3 Å². The molecule has 0 radical (unpaired) electrons. The highest BCUT2D eigenvalue weighted by Crippen LogP contribution is 2.16. The molecule has 16 heavy (non-hydrogen) atoms. The van der Waals surface area contributed by atoms with Gasteiger partial charge in [-0.25, -0.2) is 0 Å². The summed E-state index contributed by atoms with van der Waals surface area (Å²) in [4.78, 5) is 12.0. The van der Waals surface area contributed by atoms with Crippen LogP contribution in [0.4, 0.5) is 0 Å². The number of aromatic nitrogens is 2. The normalized spacial score (nSPS) is 10.4. The van der Waals surface area contributed by atoms with Gasteiger partial charge in [0.15, 0.2) is 0 Å². The van der Waals surface area contributed by atoms with Crippen LogP contribution in [0.3, 0.4) is 0 Å². The summed E-state index contributed by atoms with van der Waals surface area (Å²) in [6.45, 7) is 1.90. The fraction of sp³-hybridized carbons (Fsp3) is 0.167. The molecule has 2 aromatic rings. The minimum Gasteiger partial charge on any atom is -0.287 e. The van der Waals surface area contributed by atoms with Crippen LogP contribution in [0, 0.1) is 6.92 Å². The monoisotopic (exact) mass is 234 g/mol. The number of halogens is 1. The number of rotatable bonds is 2. The summed E-state index contributed by atoms with van der Waals surface area (Å²) in [7, 11) is 1.78. The third-order valence-corrected chi connectivity index (χ3v) is 2.47. The van der Waals surface area contributed by atoms with Crippen molar-refractivity contribution in [3.63, 3.8) is 0 Å². The smallest absolute Gasteiger partial charge is 0.213 e. The van der Waals surface area contributed by atoms with Gasteiger partial charge >= 0.3 is 0 Å². The maximum Gasteiger partial charge on any atom is 0.213 e. The van der Waals surface area contributed by atoms with Gasteiger partial charge in [-0.15, -0.1) is 0 Å². The summed E-state index contributed by atoms with van der Waals surface area (Å²) in [6, 6.07) is 6.98. The molecule has 0 atom stereocenters. The lowest BCUT2D eigenvalue weighted by atomic mass is 10.1. The highest BCUT2D eigenvalue weighted by atomic mass is 35.5. The van der Waals surface area contributed by atoms with Gasteiger partial charge < -0.3 is 0 Å². The molecule has 4 heteroatoms. The number of hydrogen-bond donors (Lipinski definition) is 0. The van der Waals surface area contributed by atoms with Crippen LogP contribution in [0.1, 0.15) is 21.6 Å². The van der Waals surface area contributed by atoms with Gasteiger partial charge in [-0.2, -0.15) is 5.10 Å². The van der Waals surface area contributed by atoms with Crippen LogP contribution in [-0.4, -0.2) is 15.6 Å². The summed E-state index contributed by atoms with van der Waals surface area (Å²) in [5, 5.41) is 4.64. The van der Waals surface area contributed by atoms with Crippen molar-refractivity contribution in [1.82, 2.24) is 9.78 Å². The van der Waals surface area contributed by atoms with Crippen molar-refractivity contribution in [2.75, 3.05) is 0 Å². The molecular formula is C12H11ClN2O. The molecular weight excluding hydrogens is 224 g/mol. The molecule has 0 aliphatic carbocycles. The first-order valence-electron chi connectivity index (χ1n) is 4.88. The number of nitrogens with zero attached hydrogens (tertiary/aromatic N) is 2. The predicted molar refractivity (Wildman–Crippen MR) is 62.8 cm³/mol. The highest BCUT2D eigenvalue weighted by Gasteiger charge is 2.12. The molecule has 0 saturated carbocycles. The van der Waals surface area contributed by atoms with Gasteiger partial charge in [0, 0.05) is 23.8 Å². The summed E-state index contributed by atoms with van der Waals surface area (Å²) in [5.41, 5.74) is 1.97. The van der Waals surface area contributed by atoms with Crippen LogP contribution in [0.5, 0.6) is 0 Å². The molecule has 3 nitrogen and oxygen atoms in total. The largest absolute Gasteiger partial charge is 0.287 e. The minimum absolute atomic E-state index is 0.105. The molecule has 82 valence electrons. The quantitative estimate of drug-likeness (QED) is 0.749. The van der Waals surface area contributed by atoms with Crippen LogP contribution in [0.2, 0.25) is 5.02 Å². The minimum atomic E-state index is -0.105. The number of aryl methyl sites for hydroxylation is 2. The molecule has 2 rings (SSSR count). The Bertz CT molecular complexity index is 525. The van der Waals surface area contributed by atoms with Crippen LogP contribution in [0.15, 0.2) is 30.5 Å². The lowest BCUT2D eigenvalue weighted by molar-refractivity contribution is 0.103. The van der Waals surface area contributed by atoms with E-state index in [2.05, 4.69) is 5.10 Å². The Hall–Kier alpha value is -1.61. The molecule has 1 aromatic carbocycles. The van der Waals surface area contributed by atoms with E-state index in [1.807, 2.05) is 19.1 Å². The first-order valence-corrected chi connectivity index (χ1v) is 5.25. The number of benzene rings is 1. The zero-order valence-corrected chi connectivity index (χ0v) is 9.82. The van der Waals surface area contributed by atoms with Crippen LogP contribution in [-0.2, 0) is 7.05 Å². The summed E-state index contributed by atoms with van der Waals surface area (Å²) >= 11 is 5.91. The van der Waals surface area contributed by atoms with Crippen LogP contribution >= 0.6 is 11.6 Å². The first kappa shape index (κ1) is 10.9. The molecule has 0 bridgehead atoms. The topological polar surface area (TPSA) is 34.9 Å². The first-order chi connectivity index (χ1) is 7.56. The van der Waals surface area contributed by atoms with Gasteiger partial charge in [0.1, 0.15) is 5.69 Å². The van der Waals surface area contributed by atoms with Crippen molar-refractivity contribution >= 4 is 17.4 Å². The molecule has 0 amide bonds. The van der Waals surface area contributed by atoms with Gasteiger partial charge in [-0.05, 0) is 36.8 Å². The standard InChI is InChI=1S/C12H11ClN2O/c1-8-5-9(7-10(13)6-8)12(16)11-3-4-15(2)14-11/h3-7H,1-2H3. The Morgan fingerprint density at radius 1 is 1.38 bits per heavy atom. The van der Waals surface area contributed by atoms with E-state index in [-0.39, 0.29) is 5.78 Å². The second-order valence-corrected chi connectivity index (χ2v) is 4.16. The second-order valence-electron chi connectivity index (χ2n) is 3.72. The number of carbonyl (C=O) groups is 1. The molecule has 1 heterocycles. The van der Waals surface area contributed by atoms with Crippen molar-refractivity contribution in [1.29, 1.82) is 0 Å². The highest BCUT2D eigenvalue weighted by molar-refractivity contribution is 6.31. The van der Waals surface area contributed by atoms with Crippen LogP contribution in [0.25, 0.3) is 0 Å². The molecule has 0 fully saturated rings. The summed E-state index contributed by atoms with van der Waals surface area (Å²) in [6.07, 6.45) is 1.74. The summed E-state index contributed by atoms with van der Waals surface area (Å²) < 4.78 is 1.60. The molecule has 0 spiro atoms. The van der Waals surface area contributed by atoms with Gasteiger partial charge in [0.05, 0.1) is 0 Å². The number of carbonyl (C=O) groups excluding carboxylic acids is 1. The third-order valence-electron chi connectivity index (χ3n) is 2.25. The Labute approximate surface area is 98.7 Å². The second kappa shape index (κ2) is 4.10. The third kappa shape index (κ3) is 2.14. The average molecular weight is 235 g/mol. The van der Waals surface area contributed by atoms with E-state index in [9.17, 15) is 4.79 Å². The Balaban J connectivity index is 2.41. The summed E-state index contributed by atoms with van der Waals surface area (Å²) in [5.74, 6) is -0.105. The van der Waals surface area contributed by atoms with E-state index in [1.54, 1.807) is 30.1 Å². The fourth-order valence-electron chi connectivity index (χ4n) is 1.55. The fourth-order valence-corrected chi connectivity index (χ4v) is 1.84. The van der Waals surface area contributed by atoms with E-state index >= 15 is 0 Å². The van der Waals surface area contributed by atoms with E-state index in [1.165, 1.54) is 0 Å². The molecule has 0 aliphatic heterocycles. The van der Waals surface area contributed by atoms with Crippen molar-refractivity contribution in [3.8, 4) is 0 Å². The van der Waals surface area contributed by atoms with Crippen molar-refractivity contribution < 1.29 is 4.79 Å². The maximum atomic E-state index is 12.0. The van der Waals surface area contributed by atoms with Crippen molar-refractivity contribution in [2.24, 2.45) is 7.05 Å². The van der Waals surface area contributed by atoms with Crippen molar-refractivity contribution in [3.05, 3.63) is 52.3 Å². The average Bonchev–Trinajstić information content (AvgIpc) is 2.62. The predicted octanol–water partition coefficient (Wildman–Crippen LogP) is 2.61.